The fourth-order valence-electron chi connectivity index (χ4n) is 3.53. The number of methoxy groups -OCH3 is 1. The summed E-state index contributed by atoms with van der Waals surface area (Å²) in [7, 11) is -1.90. The van der Waals surface area contributed by atoms with Crippen molar-refractivity contribution in [2.24, 2.45) is 0 Å². The highest BCUT2D eigenvalue weighted by Gasteiger charge is 2.32. The van der Waals surface area contributed by atoms with Crippen molar-refractivity contribution in [1.29, 1.82) is 0 Å². The van der Waals surface area contributed by atoms with Gasteiger partial charge in [0, 0.05) is 24.2 Å². The van der Waals surface area contributed by atoms with E-state index in [1.165, 1.54) is 24.6 Å². The Labute approximate surface area is 169 Å². The molecule has 0 bridgehead atoms. The van der Waals surface area contributed by atoms with Crippen LogP contribution >= 0.6 is 0 Å². The Morgan fingerprint density at radius 1 is 1.14 bits per heavy atom. The predicted molar refractivity (Wildman–Crippen MR) is 112 cm³/mol. The zero-order valence-corrected chi connectivity index (χ0v) is 17.5. The lowest BCUT2D eigenvalue weighted by Gasteiger charge is -2.22. The quantitative estimate of drug-likeness (QED) is 0.778. The largest absolute Gasteiger partial charge is 0.495 e. The van der Waals surface area contributed by atoms with Gasteiger partial charge in [0.1, 0.15) is 5.75 Å². The smallest absolute Gasteiger partial charge is 0.255 e. The highest BCUT2D eigenvalue weighted by Crippen LogP contribution is 2.35. The molecule has 3 rings (SSSR count). The number of carbonyl (C=O) groups excluding carboxylic acids is 2. The normalized spacial score (nSPS) is 15.6. The predicted octanol–water partition coefficient (Wildman–Crippen LogP) is 2.62. The van der Waals surface area contributed by atoms with E-state index in [-0.39, 0.29) is 17.9 Å². The topological polar surface area (TPSA) is 105 Å². The summed E-state index contributed by atoms with van der Waals surface area (Å²) in [6.45, 7) is 3.23. The second-order valence-corrected chi connectivity index (χ2v) is 8.87. The van der Waals surface area contributed by atoms with Crippen LogP contribution < -0.4 is 19.7 Å². The van der Waals surface area contributed by atoms with Crippen LogP contribution in [0.2, 0.25) is 0 Å². The summed E-state index contributed by atoms with van der Waals surface area (Å²) in [5, 5.41) is 5.45. The molecule has 9 heteroatoms. The molecular weight excluding hydrogens is 394 g/mol. The summed E-state index contributed by atoms with van der Waals surface area (Å²) in [4.78, 5) is 24.1. The van der Waals surface area contributed by atoms with Crippen molar-refractivity contribution in [3.05, 3.63) is 47.5 Å². The second-order valence-electron chi connectivity index (χ2n) is 7.01. The summed E-state index contributed by atoms with van der Waals surface area (Å²) in [5.41, 5.74) is 2.74. The number of anilines is 3. The summed E-state index contributed by atoms with van der Waals surface area (Å²) in [6.07, 6.45) is 1.71. The number of benzene rings is 2. The van der Waals surface area contributed by atoms with Gasteiger partial charge in [0.05, 0.1) is 24.7 Å². The lowest BCUT2D eigenvalue weighted by atomic mass is 10.1. The number of carbonyl (C=O) groups is 2. The molecule has 2 amide bonds. The van der Waals surface area contributed by atoms with Gasteiger partial charge in [0.15, 0.2) is 0 Å². The van der Waals surface area contributed by atoms with Crippen LogP contribution in [0.15, 0.2) is 36.4 Å². The van der Waals surface area contributed by atoms with E-state index >= 15 is 0 Å². The van der Waals surface area contributed by atoms with Crippen LogP contribution in [0.5, 0.6) is 5.75 Å². The summed E-state index contributed by atoms with van der Waals surface area (Å²) < 4.78 is 30.8. The molecule has 0 aromatic heterocycles. The van der Waals surface area contributed by atoms with Crippen molar-refractivity contribution in [3.8, 4) is 5.75 Å². The molecule has 8 nitrogen and oxygen atoms in total. The average Bonchev–Trinajstić information content (AvgIpc) is 2.96. The fraction of sp³-hybridized carbons (Fsp3) is 0.300. The average molecular weight is 417 g/mol. The fourth-order valence-corrected chi connectivity index (χ4v) is 4.79. The minimum Gasteiger partial charge on any atom is -0.495 e. The molecule has 0 saturated carbocycles. The maximum Gasteiger partial charge on any atom is 0.255 e. The minimum absolute atomic E-state index is 0.201. The van der Waals surface area contributed by atoms with Crippen LogP contribution in [-0.4, -0.2) is 39.6 Å². The van der Waals surface area contributed by atoms with Gasteiger partial charge < -0.3 is 15.4 Å². The summed E-state index contributed by atoms with van der Waals surface area (Å²) in [5.74, 6) is -0.141. The Morgan fingerprint density at radius 3 is 2.48 bits per heavy atom. The monoisotopic (exact) mass is 417 g/mol. The first-order valence-electron chi connectivity index (χ1n) is 8.99. The molecule has 2 N–H and O–H groups in total. The number of hydrogen-bond donors (Lipinski definition) is 2. The van der Waals surface area contributed by atoms with E-state index in [1.807, 2.05) is 6.92 Å². The highest BCUT2D eigenvalue weighted by molar-refractivity contribution is 7.92. The van der Waals surface area contributed by atoms with E-state index < -0.39 is 10.0 Å². The van der Waals surface area contributed by atoms with Crippen LogP contribution in [0.1, 0.15) is 29.8 Å². The molecule has 1 heterocycles. The van der Waals surface area contributed by atoms with Gasteiger partial charge >= 0.3 is 0 Å². The highest BCUT2D eigenvalue weighted by atomic mass is 32.2. The van der Waals surface area contributed by atoms with Crippen LogP contribution in [0.4, 0.5) is 17.1 Å². The lowest BCUT2D eigenvalue weighted by molar-refractivity contribution is -0.114. The molecule has 1 aliphatic rings. The molecule has 0 fully saturated rings. The third-order valence-corrected chi connectivity index (χ3v) is 5.89. The molecule has 0 saturated heterocycles. The zero-order valence-electron chi connectivity index (χ0n) is 16.6. The van der Waals surface area contributed by atoms with Gasteiger partial charge in [-0.15, -0.1) is 0 Å². The second kappa shape index (κ2) is 7.75. The zero-order chi connectivity index (χ0) is 21.3. The lowest BCUT2D eigenvalue weighted by Crippen LogP contribution is -2.34. The van der Waals surface area contributed by atoms with Crippen molar-refractivity contribution in [2.45, 2.75) is 26.3 Å². The molecule has 2 aromatic carbocycles. The van der Waals surface area contributed by atoms with Crippen molar-refractivity contribution in [3.63, 3.8) is 0 Å². The Morgan fingerprint density at radius 2 is 1.86 bits per heavy atom. The van der Waals surface area contributed by atoms with Gasteiger partial charge in [-0.25, -0.2) is 8.42 Å². The van der Waals surface area contributed by atoms with Crippen molar-refractivity contribution in [1.82, 2.24) is 0 Å². The first-order chi connectivity index (χ1) is 13.6. The summed E-state index contributed by atoms with van der Waals surface area (Å²) >= 11 is 0. The van der Waals surface area contributed by atoms with Gasteiger partial charge in [-0.3, -0.25) is 13.9 Å². The SMILES string of the molecule is COc1ccc(NC(C)=O)cc1NC(=O)c1ccc2c(c1)CC(C)N2S(C)(=O)=O. The van der Waals surface area contributed by atoms with E-state index in [4.69, 9.17) is 4.74 Å². The van der Waals surface area contributed by atoms with Gasteiger partial charge in [-0.05, 0) is 55.3 Å². The Bertz CT molecular complexity index is 1080. The number of amides is 2. The van der Waals surface area contributed by atoms with E-state index in [9.17, 15) is 18.0 Å². The van der Waals surface area contributed by atoms with E-state index in [0.717, 1.165) is 5.56 Å². The van der Waals surface area contributed by atoms with E-state index in [2.05, 4.69) is 10.6 Å². The van der Waals surface area contributed by atoms with Crippen LogP contribution in [0.3, 0.4) is 0 Å². The Kier molecular flexibility index (Phi) is 5.52. The van der Waals surface area contributed by atoms with Crippen molar-refractivity contribution in [2.75, 3.05) is 28.3 Å². The maximum absolute atomic E-state index is 12.8. The maximum atomic E-state index is 12.8. The third-order valence-electron chi connectivity index (χ3n) is 4.62. The molecule has 1 aliphatic heterocycles. The molecule has 29 heavy (non-hydrogen) atoms. The van der Waals surface area contributed by atoms with Gasteiger partial charge in [0.25, 0.3) is 5.91 Å². The van der Waals surface area contributed by atoms with Crippen molar-refractivity contribution >= 4 is 38.9 Å². The van der Waals surface area contributed by atoms with E-state index in [0.29, 0.717) is 34.8 Å². The molecule has 0 radical (unpaired) electrons. The summed E-state index contributed by atoms with van der Waals surface area (Å²) in [6, 6.07) is 9.68. The Balaban J connectivity index is 1.88. The molecule has 154 valence electrons. The number of ether oxygens (including phenoxy) is 1. The van der Waals surface area contributed by atoms with Gasteiger partial charge in [-0.2, -0.15) is 0 Å². The number of nitrogens with zero attached hydrogens (tertiary/aromatic N) is 1. The molecule has 2 aromatic rings. The Hall–Kier alpha value is -3.07. The van der Waals surface area contributed by atoms with Crippen LogP contribution in [0.25, 0.3) is 0 Å². The van der Waals surface area contributed by atoms with Crippen LogP contribution in [-0.2, 0) is 21.2 Å². The number of sulfonamides is 1. The number of rotatable bonds is 5. The molecule has 1 unspecified atom stereocenters. The van der Waals surface area contributed by atoms with Gasteiger partial charge in [-0.1, -0.05) is 0 Å². The standard InChI is InChI=1S/C20H23N3O5S/c1-12-9-15-10-14(5-7-18(15)23(12)29(4,26)27)20(25)22-17-11-16(21-13(2)24)6-8-19(17)28-3/h5-8,10-12H,9H2,1-4H3,(H,21,24)(H,22,25). The number of hydrogen-bond acceptors (Lipinski definition) is 5. The van der Waals surface area contributed by atoms with Gasteiger partial charge in [0.2, 0.25) is 15.9 Å². The number of fused-ring (bicyclic) bond motifs is 1. The molecular formula is C20H23N3O5S. The number of nitrogens with one attached hydrogen (secondary N) is 2. The minimum atomic E-state index is -3.39. The molecule has 1 atom stereocenters. The van der Waals surface area contributed by atoms with Crippen LogP contribution in [0, 0.1) is 0 Å². The first-order valence-corrected chi connectivity index (χ1v) is 10.8. The van der Waals surface area contributed by atoms with Crippen molar-refractivity contribution < 1.29 is 22.7 Å². The third kappa shape index (κ3) is 4.34. The van der Waals surface area contributed by atoms with E-state index in [1.54, 1.807) is 36.4 Å². The molecule has 0 spiro atoms. The first kappa shape index (κ1) is 20.7. The molecule has 0 aliphatic carbocycles.